The molecule has 1 saturated carbocycles. The number of ether oxygens (including phenoxy) is 2. The summed E-state index contributed by atoms with van der Waals surface area (Å²) in [6, 6.07) is 0. The number of hydrogen-bond acceptors (Lipinski definition) is 2. The monoisotopic (exact) mass is 184 g/mol. The fraction of sp³-hybridized carbons (Fsp3) is 0.818. The highest BCUT2D eigenvalue weighted by Crippen LogP contribution is 2.53. The summed E-state index contributed by atoms with van der Waals surface area (Å²) in [6.07, 6.45) is 6.20. The number of rotatable bonds is 5. The SMILES string of the molecule is COC(C)=CCC1(C(C)OC)CC1. The molecule has 0 amide bonds. The Morgan fingerprint density at radius 1 is 1.46 bits per heavy atom. The van der Waals surface area contributed by atoms with E-state index in [1.807, 2.05) is 6.92 Å². The molecule has 0 aromatic carbocycles. The molecule has 0 saturated heterocycles. The van der Waals surface area contributed by atoms with Crippen molar-refractivity contribution >= 4 is 0 Å². The first-order valence-corrected chi connectivity index (χ1v) is 4.88. The van der Waals surface area contributed by atoms with Gasteiger partial charge in [-0.25, -0.2) is 0 Å². The first kappa shape index (κ1) is 10.6. The molecule has 1 atom stereocenters. The first-order valence-electron chi connectivity index (χ1n) is 4.88. The lowest BCUT2D eigenvalue weighted by Gasteiger charge is -2.20. The highest BCUT2D eigenvalue weighted by molar-refractivity contribution is 5.04. The summed E-state index contributed by atoms with van der Waals surface area (Å²) in [7, 11) is 3.50. The van der Waals surface area contributed by atoms with Crippen LogP contribution in [0.25, 0.3) is 0 Å². The van der Waals surface area contributed by atoms with Crippen LogP contribution in [0.3, 0.4) is 0 Å². The first-order chi connectivity index (χ1) is 6.14. The van der Waals surface area contributed by atoms with Crippen LogP contribution in [-0.4, -0.2) is 20.3 Å². The standard InChI is InChI=1S/C11H20O2/c1-9(12-3)5-6-11(7-8-11)10(2)13-4/h5,10H,6-8H2,1-4H3. The third kappa shape index (κ3) is 2.47. The second kappa shape index (κ2) is 4.14. The third-order valence-electron chi connectivity index (χ3n) is 3.23. The van der Waals surface area contributed by atoms with Crippen molar-refractivity contribution in [3.05, 3.63) is 11.8 Å². The van der Waals surface area contributed by atoms with Gasteiger partial charge in [-0.3, -0.25) is 0 Å². The van der Waals surface area contributed by atoms with E-state index in [9.17, 15) is 0 Å². The van der Waals surface area contributed by atoms with Gasteiger partial charge >= 0.3 is 0 Å². The maximum atomic E-state index is 5.37. The molecule has 1 aliphatic rings. The Labute approximate surface area is 80.9 Å². The van der Waals surface area contributed by atoms with Crippen molar-refractivity contribution in [2.24, 2.45) is 5.41 Å². The molecule has 2 heteroatoms. The highest BCUT2D eigenvalue weighted by atomic mass is 16.5. The molecule has 76 valence electrons. The minimum atomic E-state index is 0.369. The van der Waals surface area contributed by atoms with Crippen molar-refractivity contribution in [2.45, 2.75) is 39.2 Å². The van der Waals surface area contributed by atoms with Crippen molar-refractivity contribution in [2.75, 3.05) is 14.2 Å². The second-order valence-corrected chi connectivity index (χ2v) is 3.96. The Kier molecular flexibility index (Phi) is 3.37. The normalized spacial score (nSPS) is 22.6. The Morgan fingerprint density at radius 3 is 2.46 bits per heavy atom. The predicted molar refractivity (Wildman–Crippen MR) is 53.5 cm³/mol. The third-order valence-corrected chi connectivity index (χ3v) is 3.23. The van der Waals surface area contributed by atoms with E-state index in [2.05, 4.69) is 13.0 Å². The second-order valence-electron chi connectivity index (χ2n) is 3.96. The van der Waals surface area contributed by atoms with Gasteiger partial charge in [0.25, 0.3) is 0 Å². The molecule has 0 aromatic rings. The summed E-state index contributed by atoms with van der Waals surface area (Å²) in [5.74, 6) is 1.01. The molecule has 0 spiro atoms. The zero-order valence-electron chi connectivity index (χ0n) is 9.09. The lowest BCUT2D eigenvalue weighted by molar-refractivity contribution is 0.0554. The van der Waals surface area contributed by atoms with Gasteiger partial charge in [-0.15, -0.1) is 0 Å². The summed E-state index contributed by atoms with van der Waals surface area (Å²) < 4.78 is 10.5. The summed E-state index contributed by atoms with van der Waals surface area (Å²) in [6.45, 7) is 4.15. The summed E-state index contributed by atoms with van der Waals surface area (Å²) >= 11 is 0. The fourth-order valence-electron chi connectivity index (χ4n) is 1.62. The molecule has 2 nitrogen and oxygen atoms in total. The van der Waals surface area contributed by atoms with E-state index in [0.717, 1.165) is 12.2 Å². The van der Waals surface area contributed by atoms with Gasteiger partial charge in [0.2, 0.25) is 0 Å². The van der Waals surface area contributed by atoms with E-state index in [-0.39, 0.29) is 0 Å². The van der Waals surface area contributed by atoms with Crippen molar-refractivity contribution < 1.29 is 9.47 Å². The minimum Gasteiger partial charge on any atom is -0.502 e. The van der Waals surface area contributed by atoms with Crippen molar-refractivity contribution in [3.8, 4) is 0 Å². The highest BCUT2D eigenvalue weighted by Gasteiger charge is 2.46. The van der Waals surface area contributed by atoms with Crippen LogP contribution in [0.2, 0.25) is 0 Å². The van der Waals surface area contributed by atoms with Gasteiger partial charge in [0.05, 0.1) is 19.0 Å². The van der Waals surface area contributed by atoms with E-state index in [1.165, 1.54) is 12.8 Å². The van der Waals surface area contributed by atoms with Gasteiger partial charge in [0.1, 0.15) is 0 Å². The van der Waals surface area contributed by atoms with Gasteiger partial charge in [-0.1, -0.05) is 0 Å². The lowest BCUT2D eigenvalue weighted by Crippen LogP contribution is -2.20. The Hall–Kier alpha value is -0.500. The van der Waals surface area contributed by atoms with Gasteiger partial charge in [-0.2, -0.15) is 0 Å². The van der Waals surface area contributed by atoms with Crippen LogP contribution in [-0.2, 0) is 9.47 Å². The molecule has 1 unspecified atom stereocenters. The number of hydrogen-bond donors (Lipinski definition) is 0. The van der Waals surface area contributed by atoms with Gasteiger partial charge in [0.15, 0.2) is 0 Å². The van der Waals surface area contributed by atoms with Crippen LogP contribution < -0.4 is 0 Å². The predicted octanol–water partition coefficient (Wildman–Crippen LogP) is 2.74. The molecule has 0 heterocycles. The number of methoxy groups -OCH3 is 2. The molecule has 0 N–H and O–H groups in total. The molecule has 1 fully saturated rings. The van der Waals surface area contributed by atoms with Crippen LogP contribution in [0.15, 0.2) is 11.8 Å². The molecule has 0 aromatic heterocycles. The smallest absolute Gasteiger partial charge is 0.0885 e. The van der Waals surface area contributed by atoms with Crippen LogP contribution in [0.5, 0.6) is 0 Å². The largest absolute Gasteiger partial charge is 0.502 e. The molecular formula is C11H20O2. The average molecular weight is 184 g/mol. The zero-order chi connectivity index (χ0) is 9.90. The topological polar surface area (TPSA) is 18.5 Å². The molecule has 0 bridgehead atoms. The summed E-state index contributed by atoms with van der Waals surface area (Å²) in [4.78, 5) is 0. The van der Waals surface area contributed by atoms with E-state index >= 15 is 0 Å². The zero-order valence-corrected chi connectivity index (χ0v) is 9.09. The van der Waals surface area contributed by atoms with Crippen molar-refractivity contribution in [1.82, 2.24) is 0 Å². The molecule has 1 aliphatic carbocycles. The quantitative estimate of drug-likeness (QED) is 0.612. The molecule has 0 aliphatic heterocycles. The molecule has 13 heavy (non-hydrogen) atoms. The average Bonchev–Trinajstić information content (AvgIpc) is 2.94. The van der Waals surface area contributed by atoms with Crippen LogP contribution >= 0.6 is 0 Å². The van der Waals surface area contributed by atoms with Gasteiger partial charge < -0.3 is 9.47 Å². The van der Waals surface area contributed by atoms with Gasteiger partial charge in [0, 0.05) is 7.11 Å². The molecule has 1 rings (SSSR count). The Bertz CT molecular complexity index is 192. The van der Waals surface area contributed by atoms with E-state index in [4.69, 9.17) is 9.47 Å². The summed E-state index contributed by atoms with van der Waals surface area (Å²) in [5.41, 5.74) is 0.411. The van der Waals surface area contributed by atoms with Gasteiger partial charge in [-0.05, 0) is 44.6 Å². The fourth-order valence-corrected chi connectivity index (χ4v) is 1.62. The van der Waals surface area contributed by atoms with E-state index < -0.39 is 0 Å². The molecule has 0 radical (unpaired) electrons. The lowest BCUT2D eigenvalue weighted by atomic mass is 9.96. The minimum absolute atomic E-state index is 0.369. The van der Waals surface area contributed by atoms with E-state index in [1.54, 1.807) is 14.2 Å². The maximum absolute atomic E-state index is 5.37. The van der Waals surface area contributed by atoms with Crippen molar-refractivity contribution in [1.29, 1.82) is 0 Å². The van der Waals surface area contributed by atoms with Crippen LogP contribution in [0.4, 0.5) is 0 Å². The Morgan fingerprint density at radius 2 is 2.08 bits per heavy atom. The summed E-state index contributed by atoms with van der Waals surface area (Å²) in [5, 5.41) is 0. The number of allylic oxidation sites excluding steroid dienone is 2. The van der Waals surface area contributed by atoms with E-state index in [0.29, 0.717) is 11.5 Å². The Balaban J connectivity index is 2.44. The maximum Gasteiger partial charge on any atom is 0.0885 e. The van der Waals surface area contributed by atoms with Crippen LogP contribution in [0, 0.1) is 5.41 Å². The molecular weight excluding hydrogens is 164 g/mol. The van der Waals surface area contributed by atoms with Crippen LogP contribution in [0.1, 0.15) is 33.1 Å². The van der Waals surface area contributed by atoms with Crippen molar-refractivity contribution in [3.63, 3.8) is 0 Å².